The molecule has 1 aliphatic rings. The van der Waals surface area contributed by atoms with Gasteiger partial charge in [-0.15, -0.1) is 0 Å². The van der Waals surface area contributed by atoms with Gasteiger partial charge in [0.05, 0.1) is 24.4 Å². The van der Waals surface area contributed by atoms with Gasteiger partial charge in [-0.2, -0.15) is 0 Å². The second-order valence-electron chi connectivity index (χ2n) is 10.6. The molecule has 0 aliphatic carbocycles. The molecule has 4 aromatic rings. The van der Waals surface area contributed by atoms with Gasteiger partial charge in [0.2, 0.25) is 0 Å². The Hall–Kier alpha value is -4.63. The third kappa shape index (κ3) is 5.72. The van der Waals surface area contributed by atoms with Crippen molar-refractivity contribution in [3.05, 3.63) is 101 Å². The van der Waals surface area contributed by atoms with Crippen molar-refractivity contribution in [2.75, 3.05) is 33.3 Å². The van der Waals surface area contributed by atoms with E-state index in [1.807, 2.05) is 73.0 Å². The molecule has 1 fully saturated rings. The molecule has 224 valence electrons. The third-order valence-electron chi connectivity index (χ3n) is 8.14. The Morgan fingerprint density at radius 3 is 2.42 bits per heavy atom. The number of aromatic nitrogens is 2. The standard InChI is InChI=1S/C34H38N4O5/c1-6-36(7-2)18-19-38-30(25-15-16-26(27(20-25)42-5)43-21-24-13-9-8-10-14-24)28(32(40)34(38)41)31(39)29-23(4)37-17-11-12-22(3)33(37)35-29/h8-17,20,30,39H,6-7,18-19,21H2,1-5H3/b31-28+. The lowest BCUT2D eigenvalue weighted by Crippen LogP contribution is -2.38. The molecule has 1 N–H and O–H groups in total. The lowest BCUT2D eigenvalue weighted by atomic mass is 9.96. The van der Waals surface area contributed by atoms with Gasteiger partial charge < -0.3 is 28.8 Å². The van der Waals surface area contributed by atoms with E-state index in [9.17, 15) is 14.7 Å². The lowest BCUT2D eigenvalue weighted by Gasteiger charge is -2.28. The normalized spacial score (nSPS) is 16.4. The number of carbonyl (C=O) groups is 2. The van der Waals surface area contributed by atoms with E-state index in [4.69, 9.17) is 14.5 Å². The smallest absolute Gasteiger partial charge is 0.295 e. The number of ether oxygens (including phenoxy) is 2. The predicted molar refractivity (Wildman–Crippen MR) is 165 cm³/mol. The minimum absolute atomic E-state index is 0.00807. The van der Waals surface area contributed by atoms with E-state index < -0.39 is 17.7 Å². The lowest BCUT2D eigenvalue weighted by molar-refractivity contribution is -0.140. The Morgan fingerprint density at radius 1 is 1.00 bits per heavy atom. The molecule has 2 aromatic heterocycles. The summed E-state index contributed by atoms with van der Waals surface area (Å²) in [6, 6.07) is 18.2. The van der Waals surface area contributed by atoms with Crippen molar-refractivity contribution in [2.45, 2.75) is 40.3 Å². The highest BCUT2D eigenvalue weighted by molar-refractivity contribution is 6.46. The Morgan fingerprint density at radius 2 is 1.74 bits per heavy atom. The number of fused-ring (bicyclic) bond motifs is 1. The van der Waals surface area contributed by atoms with Gasteiger partial charge in [-0.05, 0) is 61.8 Å². The molecule has 9 nitrogen and oxygen atoms in total. The van der Waals surface area contributed by atoms with Crippen LogP contribution in [-0.4, -0.2) is 69.3 Å². The molecule has 1 amide bonds. The Labute approximate surface area is 252 Å². The number of amides is 1. The van der Waals surface area contributed by atoms with E-state index in [1.165, 1.54) is 0 Å². The number of aliphatic hydroxyl groups excluding tert-OH is 1. The van der Waals surface area contributed by atoms with Crippen LogP contribution in [0, 0.1) is 13.8 Å². The fourth-order valence-electron chi connectivity index (χ4n) is 5.63. The zero-order valence-corrected chi connectivity index (χ0v) is 25.3. The number of Topliss-reactive ketones (excluding diaryl/α,β-unsaturated/α-hetero) is 1. The highest BCUT2D eigenvalue weighted by Gasteiger charge is 2.46. The van der Waals surface area contributed by atoms with Gasteiger partial charge in [-0.3, -0.25) is 9.59 Å². The number of rotatable bonds is 11. The topological polar surface area (TPSA) is 96.6 Å². The molecular formula is C34H38N4O5. The molecule has 2 aromatic carbocycles. The zero-order chi connectivity index (χ0) is 30.7. The first-order valence-corrected chi connectivity index (χ1v) is 14.6. The number of aryl methyl sites for hydroxylation is 2. The van der Waals surface area contributed by atoms with E-state index in [-0.39, 0.29) is 17.0 Å². The maximum absolute atomic E-state index is 13.7. The minimum Gasteiger partial charge on any atom is -0.505 e. The van der Waals surface area contributed by atoms with Gasteiger partial charge >= 0.3 is 0 Å². The summed E-state index contributed by atoms with van der Waals surface area (Å²) in [6.07, 6.45) is 1.86. The number of ketones is 1. The number of likely N-dealkylation sites (N-methyl/N-ethyl adjacent to an activating group) is 1. The monoisotopic (exact) mass is 582 g/mol. The Kier molecular flexibility index (Phi) is 8.82. The van der Waals surface area contributed by atoms with Crippen LogP contribution in [0.15, 0.2) is 72.4 Å². The van der Waals surface area contributed by atoms with E-state index in [0.717, 1.165) is 24.2 Å². The van der Waals surface area contributed by atoms with Gasteiger partial charge in [-0.25, -0.2) is 4.98 Å². The average Bonchev–Trinajstić information content (AvgIpc) is 3.50. The Bertz CT molecular complexity index is 1670. The van der Waals surface area contributed by atoms with Gasteiger partial charge in [0.1, 0.15) is 17.9 Å². The summed E-state index contributed by atoms with van der Waals surface area (Å²) in [5.41, 5.74) is 4.20. The van der Waals surface area contributed by atoms with Gasteiger partial charge in [0.15, 0.2) is 17.3 Å². The molecule has 9 heteroatoms. The van der Waals surface area contributed by atoms with Crippen molar-refractivity contribution in [1.82, 2.24) is 19.2 Å². The van der Waals surface area contributed by atoms with Crippen molar-refractivity contribution >= 4 is 23.1 Å². The first-order valence-electron chi connectivity index (χ1n) is 14.6. The molecule has 0 radical (unpaired) electrons. The van der Waals surface area contributed by atoms with Gasteiger partial charge in [0, 0.05) is 19.3 Å². The van der Waals surface area contributed by atoms with E-state index in [0.29, 0.717) is 48.1 Å². The summed E-state index contributed by atoms with van der Waals surface area (Å²) >= 11 is 0. The number of hydrogen-bond donors (Lipinski definition) is 1. The highest BCUT2D eigenvalue weighted by Crippen LogP contribution is 2.42. The molecule has 1 aliphatic heterocycles. The fraction of sp³-hybridized carbons (Fsp3) is 0.324. The van der Waals surface area contributed by atoms with Crippen molar-refractivity contribution in [1.29, 1.82) is 0 Å². The molecule has 0 spiro atoms. The van der Waals surface area contributed by atoms with E-state index in [1.54, 1.807) is 24.1 Å². The van der Waals surface area contributed by atoms with Crippen LogP contribution < -0.4 is 9.47 Å². The van der Waals surface area contributed by atoms with Crippen LogP contribution in [-0.2, 0) is 16.2 Å². The number of nitrogens with zero attached hydrogens (tertiary/aromatic N) is 4. The van der Waals surface area contributed by atoms with Crippen molar-refractivity contribution < 1.29 is 24.2 Å². The summed E-state index contributed by atoms with van der Waals surface area (Å²) in [5, 5.41) is 11.7. The second kappa shape index (κ2) is 12.7. The van der Waals surface area contributed by atoms with Crippen LogP contribution in [0.5, 0.6) is 11.5 Å². The maximum Gasteiger partial charge on any atom is 0.295 e. The number of methoxy groups -OCH3 is 1. The molecular weight excluding hydrogens is 544 g/mol. The molecule has 1 unspecified atom stereocenters. The second-order valence-corrected chi connectivity index (χ2v) is 10.6. The van der Waals surface area contributed by atoms with Crippen LogP contribution in [0.4, 0.5) is 0 Å². The first kappa shape index (κ1) is 29.8. The van der Waals surface area contributed by atoms with Gasteiger partial charge in [0.25, 0.3) is 11.7 Å². The Balaban J connectivity index is 1.60. The van der Waals surface area contributed by atoms with Crippen molar-refractivity contribution in [3.8, 4) is 11.5 Å². The third-order valence-corrected chi connectivity index (χ3v) is 8.14. The predicted octanol–water partition coefficient (Wildman–Crippen LogP) is 5.30. The summed E-state index contributed by atoms with van der Waals surface area (Å²) in [4.78, 5) is 35.6. The first-order chi connectivity index (χ1) is 20.8. The number of benzene rings is 2. The quantitative estimate of drug-likeness (QED) is 0.146. The van der Waals surface area contributed by atoms with Crippen LogP contribution in [0.1, 0.15) is 48.0 Å². The molecule has 5 rings (SSSR count). The highest BCUT2D eigenvalue weighted by atomic mass is 16.5. The number of likely N-dealkylation sites (tertiary alicyclic amines) is 1. The molecule has 0 saturated carbocycles. The molecule has 1 atom stereocenters. The minimum atomic E-state index is -0.835. The number of hydrogen-bond acceptors (Lipinski definition) is 7. The largest absolute Gasteiger partial charge is 0.505 e. The van der Waals surface area contributed by atoms with Crippen LogP contribution in [0.3, 0.4) is 0 Å². The summed E-state index contributed by atoms with van der Waals surface area (Å²) < 4.78 is 13.6. The summed E-state index contributed by atoms with van der Waals surface area (Å²) in [7, 11) is 1.55. The van der Waals surface area contributed by atoms with E-state index in [2.05, 4.69) is 18.7 Å². The average molecular weight is 583 g/mol. The molecule has 0 bridgehead atoms. The number of pyridine rings is 1. The summed E-state index contributed by atoms with van der Waals surface area (Å²) in [5.74, 6) is -0.694. The van der Waals surface area contributed by atoms with Crippen LogP contribution in [0.25, 0.3) is 11.4 Å². The zero-order valence-electron chi connectivity index (χ0n) is 25.3. The maximum atomic E-state index is 13.7. The van der Waals surface area contributed by atoms with Crippen molar-refractivity contribution in [2.24, 2.45) is 0 Å². The van der Waals surface area contributed by atoms with Crippen LogP contribution in [0.2, 0.25) is 0 Å². The molecule has 1 saturated heterocycles. The van der Waals surface area contributed by atoms with E-state index >= 15 is 0 Å². The number of imidazole rings is 1. The number of carbonyl (C=O) groups excluding carboxylic acids is 2. The molecule has 3 heterocycles. The fourth-order valence-corrected chi connectivity index (χ4v) is 5.63. The van der Waals surface area contributed by atoms with Crippen molar-refractivity contribution in [3.63, 3.8) is 0 Å². The molecule has 43 heavy (non-hydrogen) atoms. The van der Waals surface area contributed by atoms with Crippen LogP contribution >= 0.6 is 0 Å². The SMILES string of the molecule is CCN(CC)CCN1C(=O)C(=O)/C(=C(/O)c2nc3c(C)cccn3c2C)C1c1ccc(OCc2ccccc2)c(OC)c1. The number of aliphatic hydroxyl groups is 1. The summed E-state index contributed by atoms with van der Waals surface area (Å²) in [6.45, 7) is 10.8. The van der Waals surface area contributed by atoms with Gasteiger partial charge in [-0.1, -0.05) is 56.3 Å².